The number of hydrogen-bond donors (Lipinski definition) is 1. The summed E-state index contributed by atoms with van der Waals surface area (Å²) in [5.41, 5.74) is 0.628. The molecule has 2 rings (SSSR count). The van der Waals surface area contributed by atoms with E-state index in [4.69, 9.17) is 9.52 Å². The van der Waals surface area contributed by atoms with E-state index in [2.05, 4.69) is 17.1 Å². The first-order valence-corrected chi connectivity index (χ1v) is 5.87. The molecule has 1 N–H and O–H groups in total. The van der Waals surface area contributed by atoms with Crippen molar-refractivity contribution in [3.05, 3.63) is 35.7 Å². The molecule has 0 radical (unpaired) electrons. The van der Waals surface area contributed by atoms with Crippen molar-refractivity contribution in [1.82, 2.24) is 10.2 Å². The third-order valence-corrected chi connectivity index (χ3v) is 2.60. The lowest BCUT2D eigenvalue weighted by Gasteiger charge is -2.00. The maximum absolute atomic E-state index is 11.1. The van der Waals surface area contributed by atoms with Gasteiger partial charge in [-0.2, -0.15) is 0 Å². The van der Waals surface area contributed by atoms with Gasteiger partial charge < -0.3 is 9.52 Å². The Balaban J connectivity index is 2.31. The molecule has 0 saturated heterocycles. The third kappa shape index (κ3) is 2.56. The van der Waals surface area contributed by atoms with Gasteiger partial charge in [0.05, 0.1) is 11.1 Å². The summed E-state index contributed by atoms with van der Waals surface area (Å²) in [5, 5.41) is 16.9. The summed E-state index contributed by atoms with van der Waals surface area (Å²) >= 11 is 0. The molecule has 0 aliphatic heterocycles. The van der Waals surface area contributed by atoms with E-state index >= 15 is 0 Å². The molecule has 1 aromatic carbocycles. The van der Waals surface area contributed by atoms with Crippen LogP contribution in [0.5, 0.6) is 0 Å². The number of aryl methyl sites for hydroxylation is 1. The summed E-state index contributed by atoms with van der Waals surface area (Å²) in [7, 11) is 0. The van der Waals surface area contributed by atoms with Gasteiger partial charge in [0.2, 0.25) is 11.8 Å². The monoisotopic (exact) mass is 246 g/mol. The molecular formula is C13H14N2O3. The molecule has 0 aliphatic carbocycles. The zero-order valence-corrected chi connectivity index (χ0v) is 10.1. The van der Waals surface area contributed by atoms with E-state index in [1.54, 1.807) is 18.2 Å². The quantitative estimate of drug-likeness (QED) is 0.877. The van der Waals surface area contributed by atoms with Crippen molar-refractivity contribution in [2.24, 2.45) is 0 Å². The van der Waals surface area contributed by atoms with Crippen molar-refractivity contribution in [2.75, 3.05) is 0 Å². The van der Waals surface area contributed by atoms with Gasteiger partial charge in [-0.15, -0.1) is 10.2 Å². The van der Waals surface area contributed by atoms with Crippen molar-refractivity contribution >= 4 is 5.97 Å². The normalized spacial score (nSPS) is 10.5. The Morgan fingerprint density at radius 1 is 1.33 bits per heavy atom. The topological polar surface area (TPSA) is 76.2 Å². The van der Waals surface area contributed by atoms with E-state index < -0.39 is 5.97 Å². The molecule has 18 heavy (non-hydrogen) atoms. The number of carboxylic acid groups (broad SMARTS) is 1. The van der Waals surface area contributed by atoms with Crippen LogP contribution in [-0.4, -0.2) is 21.3 Å². The first-order valence-electron chi connectivity index (χ1n) is 5.87. The van der Waals surface area contributed by atoms with Crippen molar-refractivity contribution < 1.29 is 14.3 Å². The molecule has 1 aromatic heterocycles. The van der Waals surface area contributed by atoms with Crippen LogP contribution in [0.25, 0.3) is 11.5 Å². The predicted molar refractivity (Wildman–Crippen MR) is 65.3 cm³/mol. The van der Waals surface area contributed by atoms with Crippen LogP contribution >= 0.6 is 0 Å². The molecule has 0 atom stereocenters. The lowest BCUT2D eigenvalue weighted by atomic mass is 10.1. The van der Waals surface area contributed by atoms with E-state index in [0.29, 0.717) is 11.5 Å². The van der Waals surface area contributed by atoms with Gasteiger partial charge in [-0.05, 0) is 18.6 Å². The van der Waals surface area contributed by atoms with E-state index in [-0.39, 0.29) is 11.5 Å². The molecule has 1 heterocycles. The molecule has 2 aromatic rings. The maximum Gasteiger partial charge on any atom is 0.336 e. The molecule has 0 spiro atoms. The van der Waals surface area contributed by atoms with Gasteiger partial charge >= 0.3 is 5.97 Å². The van der Waals surface area contributed by atoms with E-state index in [1.165, 1.54) is 6.07 Å². The van der Waals surface area contributed by atoms with Gasteiger partial charge in [0, 0.05) is 6.42 Å². The van der Waals surface area contributed by atoms with Gasteiger partial charge in [-0.3, -0.25) is 0 Å². The highest BCUT2D eigenvalue weighted by atomic mass is 16.4. The first kappa shape index (κ1) is 12.3. The highest BCUT2D eigenvalue weighted by Gasteiger charge is 2.15. The van der Waals surface area contributed by atoms with E-state index in [9.17, 15) is 4.79 Å². The number of carboxylic acids is 1. The van der Waals surface area contributed by atoms with Gasteiger partial charge in [-0.25, -0.2) is 4.79 Å². The summed E-state index contributed by atoms with van der Waals surface area (Å²) < 4.78 is 5.48. The Morgan fingerprint density at radius 2 is 2.11 bits per heavy atom. The van der Waals surface area contributed by atoms with Gasteiger partial charge in [0.25, 0.3) is 0 Å². The van der Waals surface area contributed by atoms with Gasteiger partial charge in [-0.1, -0.05) is 25.5 Å². The molecule has 0 bridgehead atoms. The number of unbranched alkanes of at least 4 members (excludes halogenated alkanes) is 1. The minimum Gasteiger partial charge on any atom is -0.478 e. The standard InChI is InChI=1S/C13H14N2O3/c1-2-3-8-11-14-15-12(18-11)9-6-4-5-7-10(9)13(16)17/h4-7H,2-3,8H2,1H3,(H,16,17). The second-order valence-corrected chi connectivity index (χ2v) is 3.96. The average molecular weight is 246 g/mol. The molecule has 0 unspecified atom stereocenters. The van der Waals surface area contributed by atoms with Crippen LogP contribution in [0, 0.1) is 0 Å². The van der Waals surface area contributed by atoms with Crippen LogP contribution in [0.1, 0.15) is 36.0 Å². The molecule has 5 heteroatoms. The van der Waals surface area contributed by atoms with Crippen LogP contribution in [0.4, 0.5) is 0 Å². The largest absolute Gasteiger partial charge is 0.478 e. The smallest absolute Gasteiger partial charge is 0.336 e. The highest BCUT2D eigenvalue weighted by molar-refractivity contribution is 5.94. The van der Waals surface area contributed by atoms with Crippen molar-refractivity contribution in [3.63, 3.8) is 0 Å². The maximum atomic E-state index is 11.1. The molecule has 0 fully saturated rings. The first-order chi connectivity index (χ1) is 8.72. The fourth-order valence-electron chi connectivity index (χ4n) is 1.65. The minimum atomic E-state index is -1.00. The van der Waals surface area contributed by atoms with Crippen molar-refractivity contribution in [1.29, 1.82) is 0 Å². The lowest BCUT2D eigenvalue weighted by Crippen LogP contribution is -1.99. The number of carbonyl (C=O) groups is 1. The van der Waals surface area contributed by atoms with E-state index in [1.807, 2.05) is 0 Å². The fraction of sp³-hybridized carbons (Fsp3) is 0.308. The molecular weight excluding hydrogens is 232 g/mol. The Labute approximate surface area is 104 Å². The fourth-order valence-corrected chi connectivity index (χ4v) is 1.65. The number of aromatic nitrogens is 2. The highest BCUT2D eigenvalue weighted by Crippen LogP contribution is 2.22. The van der Waals surface area contributed by atoms with Crippen LogP contribution in [0.15, 0.2) is 28.7 Å². The summed E-state index contributed by atoms with van der Waals surface area (Å²) in [5.74, 6) is -0.190. The van der Waals surface area contributed by atoms with Crippen LogP contribution < -0.4 is 0 Å². The molecule has 0 aliphatic rings. The zero-order valence-electron chi connectivity index (χ0n) is 10.1. The Kier molecular flexibility index (Phi) is 3.72. The second kappa shape index (κ2) is 5.44. The Hall–Kier alpha value is -2.17. The summed E-state index contributed by atoms with van der Waals surface area (Å²) in [6, 6.07) is 6.60. The minimum absolute atomic E-state index is 0.170. The number of aromatic carboxylic acids is 1. The van der Waals surface area contributed by atoms with Gasteiger partial charge in [0.1, 0.15) is 0 Å². The predicted octanol–water partition coefficient (Wildman–Crippen LogP) is 2.78. The number of hydrogen-bond acceptors (Lipinski definition) is 4. The van der Waals surface area contributed by atoms with Gasteiger partial charge in [0.15, 0.2) is 0 Å². The van der Waals surface area contributed by atoms with Crippen molar-refractivity contribution in [2.45, 2.75) is 26.2 Å². The summed E-state index contributed by atoms with van der Waals surface area (Å²) in [4.78, 5) is 11.1. The lowest BCUT2D eigenvalue weighted by molar-refractivity contribution is 0.0697. The molecule has 0 amide bonds. The van der Waals surface area contributed by atoms with Crippen LogP contribution in [0.2, 0.25) is 0 Å². The Morgan fingerprint density at radius 3 is 2.83 bits per heavy atom. The SMILES string of the molecule is CCCCc1nnc(-c2ccccc2C(=O)O)o1. The van der Waals surface area contributed by atoms with Crippen LogP contribution in [-0.2, 0) is 6.42 Å². The summed E-state index contributed by atoms with van der Waals surface area (Å²) in [6.45, 7) is 2.08. The van der Waals surface area contributed by atoms with Crippen molar-refractivity contribution in [3.8, 4) is 11.5 Å². The number of nitrogens with zero attached hydrogens (tertiary/aromatic N) is 2. The average Bonchev–Trinajstić information content (AvgIpc) is 2.85. The molecule has 5 nitrogen and oxygen atoms in total. The summed E-state index contributed by atoms with van der Waals surface area (Å²) in [6.07, 6.45) is 2.74. The van der Waals surface area contributed by atoms with E-state index in [0.717, 1.165) is 19.3 Å². The Bertz CT molecular complexity index is 549. The molecule has 94 valence electrons. The van der Waals surface area contributed by atoms with Crippen LogP contribution in [0.3, 0.4) is 0 Å². The number of rotatable bonds is 5. The number of benzene rings is 1. The zero-order chi connectivity index (χ0) is 13.0. The third-order valence-electron chi connectivity index (χ3n) is 2.60. The second-order valence-electron chi connectivity index (χ2n) is 3.96. The molecule has 0 saturated carbocycles.